The standard InChI is InChI=1S/C46H26N4OSe/c1-3-10-29(11-4-1)43-48-44(33-18-15-27-9-7-8-14-31(27)25-33)50-45(49-43)34-19-21-35-32(26-34)17-16-28-20-24-38-40(39(28)35)36-22-23-37-41(42(36)52-38)47-46(51-37)30-12-5-2-6-13-30/h1-26H. The summed E-state index contributed by atoms with van der Waals surface area (Å²) in [6.45, 7) is 0. The van der Waals surface area contributed by atoms with Crippen molar-refractivity contribution < 1.29 is 4.42 Å². The van der Waals surface area contributed by atoms with Crippen molar-refractivity contribution in [2.75, 3.05) is 0 Å². The van der Waals surface area contributed by atoms with Gasteiger partial charge in [-0.15, -0.1) is 0 Å². The number of aromatic nitrogens is 4. The van der Waals surface area contributed by atoms with Crippen LogP contribution in [0.2, 0.25) is 0 Å². The second kappa shape index (κ2) is 11.5. The minimum absolute atomic E-state index is 0.100. The van der Waals surface area contributed by atoms with E-state index in [1.54, 1.807) is 0 Å². The summed E-state index contributed by atoms with van der Waals surface area (Å²) in [5.41, 5.74) is 5.65. The van der Waals surface area contributed by atoms with E-state index in [2.05, 4.69) is 97.1 Å². The summed E-state index contributed by atoms with van der Waals surface area (Å²) < 4.78 is 8.92. The molecule has 11 rings (SSSR count). The zero-order valence-electron chi connectivity index (χ0n) is 27.6. The van der Waals surface area contributed by atoms with Crippen LogP contribution in [0.1, 0.15) is 0 Å². The van der Waals surface area contributed by atoms with Crippen LogP contribution in [-0.2, 0) is 0 Å². The molecule has 0 spiro atoms. The van der Waals surface area contributed by atoms with E-state index < -0.39 is 0 Å². The molecule has 6 heteroatoms. The van der Waals surface area contributed by atoms with Crippen LogP contribution >= 0.6 is 0 Å². The Balaban J connectivity index is 1.09. The molecule has 0 amide bonds. The van der Waals surface area contributed by atoms with Crippen LogP contribution in [0.5, 0.6) is 0 Å². The fourth-order valence-electron chi connectivity index (χ4n) is 7.39. The molecule has 0 unspecified atom stereocenters. The van der Waals surface area contributed by atoms with Gasteiger partial charge in [0.05, 0.1) is 0 Å². The van der Waals surface area contributed by atoms with Crippen molar-refractivity contribution in [3.05, 3.63) is 158 Å². The molecule has 3 aromatic heterocycles. The topological polar surface area (TPSA) is 64.7 Å². The van der Waals surface area contributed by atoms with Gasteiger partial charge >= 0.3 is 246 Å². The van der Waals surface area contributed by atoms with Crippen LogP contribution < -0.4 is 0 Å². The molecule has 242 valence electrons. The van der Waals surface area contributed by atoms with Gasteiger partial charge in [-0.3, -0.25) is 0 Å². The Morgan fingerprint density at radius 3 is 1.79 bits per heavy atom. The van der Waals surface area contributed by atoms with E-state index in [0.717, 1.165) is 44.1 Å². The Kier molecular flexibility index (Phi) is 6.50. The van der Waals surface area contributed by atoms with Gasteiger partial charge in [-0.2, -0.15) is 0 Å². The minimum atomic E-state index is 0.100. The molecule has 0 saturated heterocycles. The predicted molar refractivity (Wildman–Crippen MR) is 214 cm³/mol. The molecule has 0 atom stereocenters. The van der Waals surface area contributed by atoms with Gasteiger partial charge in [0, 0.05) is 0 Å². The first-order valence-electron chi connectivity index (χ1n) is 17.2. The second-order valence-corrected chi connectivity index (χ2v) is 15.3. The average molecular weight is 730 g/mol. The Morgan fingerprint density at radius 1 is 0.404 bits per heavy atom. The molecular weight excluding hydrogens is 703 g/mol. The van der Waals surface area contributed by atoms with Crippen molar-refractivity contribution in [2.45, 2.75) is 0 Å². The third-order valence-corrected chi connectivity index (χ3v) is 12.4. The number of fused-ring (bicyclic) bond motifs is 10. The van der Waals surface area contributed by atoms with Crippen molar-refractivity contribution in [2.24, 2.45) is 0 Å². The van der Waals surface area contributed by atoms with Crippen LogP contribution in [-0.4, -0.2) is 34.4 Å². The molecule has 3 heterocycles. The molecular formula is C46H26N4OSe. The number of hydrogen-bond donors (Lipinski definition) is 0. The molecule has 11 aromatic rings. The van der Waals surface area contributed by atoms with Gasteiger partial charge in [-0.25, -0.2) is 0 Å². The number of rotatable bonds is 4. The maximum atomic E-state index is 6.27. The van der Waals surface area contributed by atoms with E-state index in [4.69, 9.17) is 24.4 Å². The SMILES string of the molecule is c1ccc(-c2nc(-c3ccc4ccccc4c3)nc(-c3ccc4c(ccc5ccc6[se]c7c(ccc8oc(-c9ccccc9)nc87)c6c54)c3)n2)cc1. The van der Waals surface area contributed by atoms with Crippen molar-refractivity contribution in [3.8, 4) is 45.6 Å². The van der Waals surface area contributed by atoms with E-state index in [1.807, 2.05) is 60.7 Å². The van der Waals surface area contributed by atoms with E-state index in [9.17, 15) is 0 Å². The Bertz CT molecular complexity index is 3190. The fraction of sp³-hybridized carbons (Fsp3) is 0. The molecule has 0 radical (unpaired) electrons. The maximum absolute atomic E-state index is 6.27. The van der Waals surface area contributed by atoms with Crippen LogP contribution in [0.25, 0.3) is 108 Å². The average Bonchev–Trinajstić information content (AvgIpc) is 3.83. The summed E-state index contributed by atoms with van der Waals surface area (Å²) in [5, 5.41) is 9.73. The van der Waals surface area contributed by atoms with Crippen LogP contribution in [0, 0.1) is 0 Å². The monoisotopic (exact) mass is 730 g/mol. The van der Waals surface area contributed by atoms with Crippen LogP contribution in [0.4, 0.5) is 0 Å². The Hall–Kier alpha value is -6.46. The number of oxazole rings is 1. The first-order valence-corrected chi connectivity index (χ1v) is 18.9. The predicted octanol–water partition coefficient (Wildman–Crippen LogP) is 11.5. The molecule has 0 fully saturated rings. The van der Waals surface area contributed by atoms with Crippen molar-refractivity contribution in [3.63, 3.8) is 0 Å². The molecule has 0 saturated carbocycles. The molecule has 52 heavy (non-hydrogen) atoms. The summed E-state index contributed by atoms with van der Waals surface area (Å²) >= 11 is 0.100. The van der Waals surface area contributed by atoms with Gasteiger partial charge in [-0.1, -0.05) is 48.5 Å². The molecule has 0 N–H and O–H groups in total. The zero-order chi connectivity index (χ0) is 34.2. The summed E-state index contributed by atoms with van der Waals surface area (Å²) in [4.78, 5) is 20.1. The zero-order valence-corrected chi connectivity index (χ0v) is 29.3. The van der Waals surface area contributed by atoms with Crippen LogP contribution in [0.15, 0.2) is 162 Å². The Morgan fingerprint density at radius 2 is 1.00 bits per heavy atom. The summed E-state index contributed by atoms with van der Waals surface area (Å²) in [6.07, 6.45) is 0. The van der Waals surface area contributed by atoms with Crippen LogP contribution in [0.3, 0.4) is 0 Å². The number of nitrogens with zero attached hydrogens (tertiary/aromatic N) is 4. The van der Waals surface area contributed by atoms with Gasteiger partial charge in [0.15, 0.2) is 0 Å². The third kappa shape index (κ3) is 4.70. The van der Waals surface area contributed by atoms with Crippen molar-refractivity contribution >= 4 is 77.2 Å². The van der Waals surface area contributed by atoms with Gasteiger partial charge in [0.2, 0.25) is 0 Å². The molecule has 5 nitrogen and oxygen atoms in total. The minimum Gasteiger partial charge on any atom is -0.0615 e. The van der Waals surface area contributed by atoms with Crippen molar-refractivity contribution in [1.82, 2.24) is 19.9 Å². The van der Waals surface area contributed by atoms with E-state index in [1.165, 1.54) is 40.8 Å². The smallest absolute Gasteiger partial charge is 0.0615 e. The normalized spacial score (nSPS) is 11.8. The van der Waals surface area contributed by atoms with E-state index >= 15 is 0 Å². The number of hydrogen-bond acceptors (Lipinski definition) is 5. The van der Waals surface area contributed by atoms with Gasteiger partial charge < -0.3 is 0 Å². The second-order valence-electron chi connectivity index (χ2n) is 13.0. The van der Waals surface area contributed by atoms with Gasteiger partial charge in [0.1, 0.15) is 0 Å². The van der Waals surface area contributed by atoms with Crippen molar-refractivity contribution in [1.29, 1.82) is 0 Å². The molecule has 0 aliphatic rings. The Labute approximate surface area is 303 Å². The molecule has 0 bridgehead atoms. The summed E-state index contributed by atoms with van der Waals surface area (Å²) in [7, 11) is 0. The molecule has 0 aliphatic carbocycles. The quantitative estimate of drug-likeness (QED) is 0.133. The van der Waals surface area contributed by atoms with E-state index in [0.29, 0.717) is 23.4 Å². The summed E-state index contributed by atoms with van der Waals surface area (Å²) in [5.74, 6) is 2.61. The first-order chi connectivity index (χ1) is 25.7. The number of benzene rings is 8. The fourth-order valence-corrected chi connectivity index (χ4v) is 9.89. The summed E-state index contributed by atoms with van der Waals surface area (Å²) in [6, 6.07) is 55.0. The first kappa shape index (κ1) is 29.3. The molecule has 0 aliphatic heterocycles. The van der Waals surface area contributed by atoms with Gasteiger partial charge in [0.25, 0.3) is 0 Å². The molecule has 8 aromatic carbocycles. The van der Waals surface area contributed by atoms with Gasteiger partial charge in [-0.05, 0) is 10.8 Å². The third-order valence-electron chi connectivity index (χ3n) is 9.91. The van der Waals surface area contributed by atoms with E-state index in [-0.39, 0.29) is 14.5 Å².